The van der Waals surface area contributed by atoms with E-state index >= 15 is 0 Å². The van der Waals surface area contributed by atoms with Crippen LogP contribution in [0.4, 0.5) is 0 Å². The number of aliphatic hydroxyl groups is 2. The molecule has 0 aliphatic carbocycles. The van der Waals surface area contributed by atoms with Gasteiger partial charge in [0.15, 0.2) is 0 Å². The van der Waals surface area contributed by atoms with Gasteiger partial charge in [0.25, 0.3) is 0 Å². The van der Waals surface area contributed by atoms with E-state index in [1.165, 1.54) is 44.9 Å². The molecule has 0 radical (unpaired) electrons. The van der Waals surface area contributed by atoms with E-state index in [0.717, 1.165) is 70.6 Å². The van der Waals surface area contributed by atoms with Gasteiger partial charge in [-0.25, -0.2) is 0 Å². The van der Waals surface area contributed by atoms with Gasteiger partial charge in [0.1, 0.15) is 6.10 Å². The maximum Gasteiger partial charge on any atom is 0.306 e. The molecule has 340 valence electrons. The van der Waals surface area contributed by atoms with Gasteiger partial charge >= 0.3 is 5.97 Å². The minimum absolute atomic E-state index is 0.00327. The minimum Gasteiger partial charge on any atom is -0.462 e. The normalized spacial score (nSPS) is 14.6. The van der Waals surface area contributed by atoms with Gasteiger partial charge in [-0.05, 0) is 57.8 Å². The predicted octanol–water partition coefficient (Wildman–Crippen LogP) is 14.1. The number of carbonyl (C=O) groups excluding carboxylic acids is 2. The lowest BCUT2D eigenvalue weighted by Gasteiger charge is -2.24. The van der Waals surface area contributed by atoms with Gasteiger partial charge in [-0.3, -0.25) is 9.59 Å². The summed E-state index contributed by atoms with van der Waals surface area (Å²) in [7, 11) is 0. The van der Waals surface area contributed by atoms with E-state index in [1.807, 2.05) is 122 Å². The molecule has 0 aliphatic heterocycles. The zero-order valence-corrected chi connectivity index (χ0v) is 38.5. The molecule has 0 bridgehead atoms. The first-order valence-corrected chi connectivity index (χ1v) is 23.7. The van der Waals surface area contributed by atoms with Crippen molar-refractivity contribution < 1.29 is 24.5 Å². The van der Waals surface area contributed by atoms with Crippen LogP contribution in [0.2, 0.25) is 0 Å². The van der Waals surface area contributed by atoms with Crippen LogP contribution in [-0.2, 0) is 14.3 Å². The predicted molar refractivity (Wildman–Crippen MR) is 263 cm³/mol. The van der Waals surface area contributed by atoms with Crippen molar-refractivity contribution >= 4 is 11.9 Å². The maximum absolute atomic E-state index is 13.1. The largest absolute Gasteiger partial charge is 0.462 e. The summed E-state index contributed by atoms with van der Waals surface area (Å²) < 4.78 is 5.86. The quantitative estimate of drug-likeness (QED) is 0.0325. The molecule has 3 N–H and O–H groups in total. The van der Waals surface area contributed by atoms with Crippen LogP contribution in [-0.4, -0.2) is 46.9 Å². The molecule has 0 aromatic carbocycles. The lowest BCUT2D eigenvalue weighted by molar-refractivity contribution is -0.151. The molecule has 0 aromatic rings. The third-order valence-electron chi connectivity index (χ3n) is 9.74. The van der Waals surface area contributed by atoms with Crippen LogP contribution in [0.15, 0.2) is 146 Å². The molecular weight excluding hydrogens is 755 g/mol. The molecule has 6 nitrogen and oxygen atoms in total. The topological polar surface area (TPSA) is 95.9 Å². The van der Waals surface area contributed by atoms with Crippen molar-refractivity contribution in [2.45, 2.75) is 180 Å². The molecule has 6 heteroatoms. The van der Waals surface area contributed by atoms with Gasteiger partial charge in [0, 0.05) is 6.42 Å². The number of nitrogens with one attached hydrogen (secondary N) is 1. The Morgan fingerprint density at radius 1 is 0.492 bits per heavy atom. The van der Waals surface area contributed by atoms with Crippen LogP contribution < -0.4 is 5.32 Å². The van der Waals surface area contributed by atoms with Crippen molar-refractivity contribution in [3.8, 4) is 0 Å². The van der Waals surface area contributed by atoms with E-state index in [9.17, 15) is 19.8 Å². The first-order chi connectivity index (χ1) is 30.0. The minimum atomic E-state index is -0.825. The number of unbranched alkanes of at least 4 members (excludes halogenated alkanes) is 13. The molecule has 3 unspecified atom stereocenters. The molecule has 0 spiro atoms. The van der Waals surface area contributed by atoms with Crippen molar-refractivity contribution in [1.29, 1.82) is 0 Å². The highest BCUT2D eigenvalue weighted by atomic mass is 16.5. The van der Waals surface area contributed by atoms with Crippen LogP contribution in [0.25, 0.3) is 0 Å². The third kappa shape index (κ3) is 42.2. The highest BCUT2D eigenvalue weighted by Crippen LogP contribution is 2.16. The summed E-state index contributed by atoms with van der Waals surface area (Å²) in [6.45, 7) is 6.12. The molecule has 0 aromatic heterocycles. The lowest BCUT2D eigenvalue weighted by atomic mass is 10.0. The Kier molecular flexibility index (Phi) is 43.5. The zero-order valence-electron chi connectivity index (χ0n) is 38.5. The molecule has 0 saturated heterocycles. The van der Waals surface area contributed by atoms with Crippen molar-refractivity contribution in [2.75, 3.05) is 6.61 Å². The number of esters is 1. The number of aliphatic hydroxyl groups excluding tert-OH is 2. The standard InChI is InChI=1S/C55H85NO5/c1-4-7-10-13-16-19-22-24-26-27-29-31-33-36-39-42-45-48-55(60)61-51(46-43-40-37-34-32-30-28-25-23-20-17-14-11-8-5-2)49-54(59)56-52(50-57)53(58)47-44-41-38-35-21-18-15-12-9-6-3/h7-8,10-11,13-14,16-17,19-20,22-34,37,51-53,57-58H,4-6,9,12,15,18,21,35-36,38-50H2,1-3H3,(H,56,59)/b10-7-,11-8-,16-13+,17-14+,22-19+,23-20+,26-24-,28-25-,29-27+,32-30+,33-31+,37-34+. The van der Waals surface area contributed by atoms with Gasteiger partial charge in [0.2, 0.25) is 5.91 Å². The average Bonchev–Trinajstić information content (AvgIpc) is 3.25. The van der Waals surface area contributed by atoms with Crippen LogP contribution >= 0.6 is 0 Å². The monoisotopic (exact) mass is 840 g/mol. The second-order valence-corrected chi connectivity index (χ2v) is 15.3. The summed E-state index contributed by atoms with van der Waals surface area (Å²) in [5.41, 5.74) is 0. The SMILES string of the molecule is CC\C=C/C=C/C=C/C=C\C=C\C=C\CCCCCC(=O)OC(CCC/C=C/C=C/C=C\C=C\C=C\C=C/CC)CC(=O)NC(CO)C(O)CCCCCCCCCCCC. The van der Waals surface area contributed by atoms with E-state index in [0.29, 0.717) is 19.3 Å². The zero-order chi connectivity index (χ0) is 44.5. The number of hydrogen-bond acceptors (Lipinski definition) is 5. The highest BCUT2D eigenvalue weighted by Gasteiger charge is 2.24. The molecule has 61 heavy (non-hydrogen) atoms. The Morgan fingerprint density at radius 2 is 0.902 bits per heavy atom. The van der Waals surface area contributed by atoms with Crippen LogP contribution in [0.3, 0.4) is 0 Å². The summed E-state index contributed by atoms with van der Waals surface area (Å²) in [5, 5.41) is 23.6. The number of carbonyl (C=O) groups is 2. The Labute approximate surface area is 373 Å². The summed E-state index contributed by atoms with van der Waals surface area (Å²) in [6.07, 6.45) is 67.6. The van der Waals surface area contributed by atoms with E-state index < -0.39 is 18.2 Å². The molecular formula is C55H85NO5. The van der Waals surface area contributed by atoms with Gasteiger partial charge in [-0.1, -0.05) is 237 Å². The van der Waals surface area contributed by atoms with E-state index in [1.54, 1.807) is 0 Å². The highest BCUT2D eigenvalue weighted by molar-refractivity contribution is 5.77. The van der Waals surface area contributed by atoms with E-state index in [4.69, 9.17) is 4.74 Å². The van der Waals surface area contributed by atoms with E-state index in [-0.39, 0.29) is 24.9 Å². The summed E-state index contributed by atoms with van der Waals surface area (Å²) in [5.74, 6) is -0.622. The Hall–Kier alpha value is -4.26. The first-order valence-electron chi connectivity index (χ1n) is 23.7. The van der Waals surface area contributed by atoms with Gasteiger partial charge < -0.3 is 20.3 Å². The van der Waals surface area contributed by atoms with Crippen LogP contribution in [0.1, 0.15) is 162 Å². The Balaban J connectivity index is 4.90. The second kappa shape index (κ2) is 46.8. The van der Waals surface area contributed by atoms with E-state index in [2.05, 4.69) is 50.4 Å². The number of hydrogen-bond donors (Lipinski definition) is 3. The first kappa shape index (κ1) is 56.7. The second-order valence-electron chi connectivity index (χ2n) is 15.3. The van der Waals surface area contributed by atoms with Crippen molar-refractivity contribution in [2.24, 2.45) is 0 Å². The molecule has 0 rings (SSSR count). The molecule has 0 aliphatic rings. The molecule has 0 fully saturated rings. The fourth-order valence-corrected chi connectivity index (χ4v) is 6.20. The van der Waals surface area contributed by atoms with Crippen molar-refractivity contribution in [3.63, 3.8) is 0 Å². The summed E-state index contributed by atoms with van der Waals surface area (Å²) in [6, 6.07) is -0.746. The average molecular weight is 840 g/mol. The Morgan fingerprint density at radius 3 is 1.36 bits per heavy atom. The molecule has 0 heterocycles. The third-order valence-corrected chi connectivity index (χ3v) is 9.74. The van der Waals surface area contributed by atoms with Crippen molar-refractivity contribution in [1.82, 2.24) is 5.32 Å². The number of ether oxygens (including phenoxy) is 1. The van der Waals surface area contributed by atoms with Crippen LogP contribution in [0, 0.1) is 0 Å². The number of amides is 1. The molecule has 1 amide bonds. The van der Waals surface area contributed by atoms with Gasteiger partial charge in [0.05, 0.1) is 25.2 Å². The maximum atomic E-state index is 13.1. The fourth-order valence-electron chi connectivity index (χ4n) is 6.20. The van der Waals surface area contributed by atoms with Gasteiger partial charge in [-0.2, -0.15) is 0 Å². The lowest BCUT2D eigenvalue weighted by Crippen LogP contribution is -2.46. The molecule has 3 atom stereocenters. The van der Waals surface area contributed by atoms with Crippen molar-refractivity contribution in [3.05, 3.63) is 146 Å². The summed E-state index contributed by atoms with van der Waals surface area (Å²) >= 11 is 0. The Bertz CT molecular complexity index is 1400. The number of allylic oxidation sites excluding steroid dienone is 24. The fraction of sp³-hybridized carbons (Fsp3) is 0.527. The van der Waals surface area contributed by atoms with Gasteiger partial charge in [-0.15, -0.1) is 0 Å². The van der Waals surface area contributed by atoms with Crippen LogP contribution in [0.5, 0.6) is 0 Å². The number of rotatable bonds is 39. The summed E-state index contributed by atoms with van der Waals surface area (Å²) in [4.78, 5) is 26.0. The molecule has 0 saturated carbocycles. The smallest absolute Gasteiger partial charge is 0.306 e.